The fourth-order valence-electron chi connectivity index (χ4n) is 5.06. The van der Waals surface area contributed by atoms with Gasteiger partial charge in [0.05, 0.1) is 11.0 Å². The van der Waals surface area contributed by atoms with E-state index in [1.165, 1.54) is 37.4 Å². The molecule has 2 amide bonds. The summed E-state index contributed by atoms with van der Waals surface area (Å²) in [4.78, 5) is 37.5. The van der Waals surface area contributed by atoms with Crippen LogP contribution in [-0.4, -0.2) is 94.2 Å². The standard InChI is InChI=1S/C31H36N2O11.Na.H/c1-14(2)7-8-16-13-17(9-11-19(16)34)27(37)33-21-22(35)18-10-12-20(15(3)24(18)42-28(21)38)41-29-23(36)25(43-30(32)39)26(40-6)31(4,5)44-29;;/h7,9-13,23,25-26,29,34-36H,8H2,1-6H3,(H2,32,39)(H,33,37);;/t23-,25+,26-,29-;;/m1../s1. The number of amides is 2. The molecule has 13 nitrogen and oxygen atoms in total. The van der Waals surface area contributed by atoms with Crippen LogP contribution < -0.4 is 21.4 Å². The van der Waals surface area contributed by atoms with Crippen LogP contribution in [0.2, 0.25) is 0 Å². The summed E-state index contributed by atoms with van der Waals surface area (Å²) in [6, 6.07) is 7.12. The van der Waals surface area contributed by atoms with Crippen molar-refractivity contribution in [1.82, 2.24) is 0 Å². The van der Waals surface area contributed by atoms with Crippen molar-refractivity contribution in [2.45, 2.75) is 71.2 Å². The maximum atomic E-state index is 13.0. The first kappa shape index (κ1) is 35.9. The Labute approximate surface area is 281 Å². The van der Waals surface area contributed by atoms with Crippen molar-refractivity contribution in [3.8, 4) is 17.2 Å². The summed E-state index contributed by atoms with van der Waals surface area (Å²) in [6.07, 6.45) is -3.81. The number of carbonyl (C=O) groups excluding carboxylic acids is 2. The van der Waals surface area contributed by atoms with Gasteiger partial charge >= 0.3 is 41.3 Å². The van der Waals surface area contributed by atoms with E-state index < -0.39 is 59.3 Å². The molecule has 0 bridgehead atoms. The summed E-state index contributed by atoms with van der Waals surface area (Å²) in [5.74, 6) is -1.09. The number of hydrogen-bond acceptors (Lipinski definition) is 11. The van der Waals surface area contributed by atoms with E-state index in [0.29, 0.717) is 12.0 Å². The van der Waals surface area contributed by atoms with Crippen molar-refractivity contribution >= 4 is 58.2 Å². The Morgan fingerprint density at radius 3 is 2.47 bits per heavy atom. The number of methoxy groups -OCH3 is 1. The number of aliphatic hydroxyl groups excluding tert-OH is 1. The second-order valence-electron chi connectivity index (χ2n) is 11.2. The molecule has 0 saturated carbocycles. The predicted molar refractivity (Wildman–Crippen MR) is 166 cm³/mol. The monoisotopic (exact) mass is 636 g/mol. The number of phenols is 1. The van der Waals surface area contributed by atoms with Gasteiger partial charge in [-0.05, 0) is 76.9 Å². The molecule has 0 unspecified atom stereocenters. The molecule has 238 valence electrons. The minimum atomic E-state index is -1.52. The summed E-state index contributed by atoms with van der Waals surface area (Å²) in [6.45, 7) is 8.69. The number of benzene rings is 2. The van der Waals surface area contributed by atoms with Crippen LogP contribution in [0.1, 0.15) is 49.2 Å². The normalized spacial score (nSPS) is 20.5. The third-order valence-electron chi connectivity index (χ3n) is 7.33. The average molecular weight is 637 g/mol. The quantitative estimate of drug-likeness (QED) is 0.138. The molecule has 6 N–H and O–H groups in total. The number of phenolic OH excluding ortho intramolecular Hbond substituents is 1. The Morgan fingerprint density at radius 1 is 1.16 bits per heavy atom. The number of anilines is 1. The van der Waals surface area contributed by atoms with E-state index in [-0.39, 0.29) is 63.2 Å². The molecule has 1 saturated heterocycles. The molecule has 0 spiro atoms. The van der Waals surface area contributed by atoms with E-state index in [1.807, 2.05) is 19.9 Å². The van der Waals surface area contributed by atoms with E-state index in [0.717, 1.165) is 5.57 Å². The van der Waals surface area contributed by atoms with Gasteiger partial charge in [0.25, 0.3) is 5.91 Å². The van der Waals surface area contributed by atoms with E-state index in [4.69, 9.17) is 29.1 Å². The zero-order chi connectivity index (χ0) is 32.5. The minimum absolute atomic E-state index is 0. The predicted octanol–water partition coefficient (Wildman–Crippen LogP) is 2.98. The molecule has 4 rings (SSSR count). The molecule has 0 radical (unpaired) electrons. The third-order valence-corrected chi connectivity index (χ3v) is 7.33. The number of hydrogen-bond donors (Lipinski definition) is 5. The number of carbonyl (C=O) groups is 2. The third kappa shape index (κ3) is 7.63. The zero-order valence-electron chi connectivity index (χ0n) is 25.2. The van der Waals surface area contributed by atoms with Gasteiger partial charge in [-0.15, -0.1) is 0 Å². The van der Waals surface area contributed by atoms with Crippen LogP contribution in [0.5, 0.6) is 17.2 Å². The van der Waals surface area contributed by atoms with Crippen LogP contribution in [-0.2, 0) is 20.6 Å². The Balaban J connectivity index is 0.00000552. The summed E-state index contributed by atoms with van der Waals surface area (Å²) in [7, 11) is 1.37. The molecule has 3 aromatic rings. The molecule has 4 atom stereocenters. The van der Waals surface area contributed by atoms with Crippen molar-refractivity contribution in [3.63, 3.8) is 0 Å². The molecule has 1 aliphatic heterocycles. The summed E-state index contributed by atoms with van der Waals surface area (Å²) in [5.41, 5.74) is 4.54. The van der Waals surface area contributed by atoms with E-state index in [1.54, 1.807) is 20.8 Å². The van der Waals surface area contributed by atoms with Crippen LogP contribution in [0.3, 0.4) is 0 Å². The molecule has 2 aromatic carbocycles. The number of nitrogens with two attached hydrogens (primary N) is 1. The summed E-state index contributed by atoms with van der Waals surface area (Å²) >= 11 is 0. The Bertz CT molecular complexity index is 1680. The van der Waals surface area contributed by atoms with Crippen LogP contribution in [0.15, 0.2) is 51.2 Å². The molecule has 14 heteroatoms. The van der Waals surface area contributed by atoms with Gasteiger partial charge in [-0.1, -0.05) is 11.6 Å². The van der Waals surface area contributed by atoms with Crippen molar-refractivity contribution in [2.24, 2.45) is 5.73 Å². The van der Waals surface area contributed by atoms with Crippen molar-refractivity contribution in [1.29, 1.82) is 0 Å². The van der Waals surface area contributed by atoms with Crippen molar-refractivity contribution in [2.75, 3.05) is 12.4 Å². The number of rotatable bonds is 8. The summed E-state index contributed by atoms with van der Waals surface area (Å²) in [5, 5.41) is 34.6. The molecule has 0 aliphatic carbocycles. The van der Waals surface area contributed by atoms with Gasteiger partial charge in [-0.2, -0.15) is 0 Å². The maximum absolute atomic E-state index is 13.0. The molecular weight excluding hydrogens is 599 g/mol. The van der Waals surface area contributed by atoms with Crippen molar-refractivity contribution in [3.05, 3.63) is 69.1 Å². The zero-order valence-corrected chi connectivity index (χ0v) is 25.2. The molecule has 2 heterocycles. The van der Waals surface area contributed by atoms with Gasteiger partial charge < -0.3 is 49.7 Å². The number of aliphatic hydroxyl groups is 1. The van der Waals surface area contributed by atoms with Crippen LogP contribution in [0, 0.1) is 6.92 Å². The molecule has 1 fully saturated rings. The van der Waals surface area contributed by atoms with E-state index in [2.05, 4.69) is 5.32 Å². The number of primary amides is 1. The van der Waals surface area contributed by atoms with Crippen LogP contribution in [0.4, 0.5) is 10.5 Å². The van der Waals surface area contributed by atoms with Gasteiger partial charge in [0, 0.05) is 18.2 Å². The van der Waals surface area contributed by atoms with E-state index in [9.17, 15) is 29.7 Å². The van der Waals surface area contributed by atoms with Gasteiger partial charge in [-0.3, -0.25) is 4.79 Å². The van der Waals surface area contributed by atoms with Gasteiger partial charge in [0.15, 0.2) is 23.6 Å². The van der Waals surface area contributed by atoms with Crippen molar-refractivity contribution < 1.29 is 48.3 Å². The molecule has 45 heavy (non-hydrogen) atoms. The Kier molecular flexibility index (Phi) is 11.3. The number of allylic oxidation sites excluding steroid dienone is 2. The molecular formula is C31H37N2NaO11. The number of ether oxygens (including phenoxy) is 4. The Morgan fingerprint density at radius 2 is 1.84 bits per heavy atom. The first-order valence-electron chi connectivity index (χ1n) is 13.7. The molecule has 1 aliphatic rings. The number of aromatic hydroxyl groups is 2. The van der Waals surface area contributed by atoms with Gasteiger partial charge in [0.1, 0.15) is 23.2 Å². The Hall–Kier alpha value is -3.59. The fraction of sp³-hybridized carbons (Fsp3) is 0.387. The first-order valence-corrected chi connectivity index (χ1v) is 13.7. The van der Waals surface area contributed by atoms with Crippen LogP contribution in [0.25, 0.3) is 11.0 Å². The topological polar surface area (TPSA) is 200 Å². The SMILES string of the molecule is CO[C@@H]1[C@@H](OC(N)=O)[C@@H](O)[C@H](Oc2ccc3c(O)c(NC(=O)c4ccc(O)c(CC=C(C)C)c4)c(=O)oc3c2C)OC1(C)C.[NaH]. The van der Waals surface area contributed by atoms with Crippen LogP contribution >= 0.6 is 0 Å². The fourth-order valence-corrected chi connectivity index (χ4v) is 5.06. The number of fused-ring (bicyclic) bond motifs is 1. The van der Waals surface area contributed by atoms with Gasteiger partial charge in [0.2, 0.25) is 6.29 Å². The second kappa shape index (κ2) is 14.2. The molecule has 1 aromatic heterocycles. The number of nitrogens with one attached hydrogen (secondary N) is 1. The van der Waals surface area contributed by atoms with Gasteiger partial charge in [-0.25, -0.2) is 9.59 Å². The van der Waals surface area contributed by atoms with E-state index >= 15 is 0 Å². The average Bonchev–Trinajstić information content (AvgIpc) is 2.94. The summed E-state index contributed by atoms with van der Waals surface area (Å²) < 4.78 is 27.9. The number of aryl methyl sites for hydroxylation is 1. The first-order chi connectivity index (χ1) is 20.6. The second-order valence-corrected chi connectivity index (χ2v) is 11.2.